The highest BCUT2D eigenvalue weighted by molar-refractivity contribution is 5.95. The van der Waals surface area contributed by atoms with Crippen molar-refractivity contribution >= 4 is 11.9 Å². The first-order valence-corrected chi connectivity index (χ1v) is 8.61. The zero-order valence-electron chi connectivity index (χ0n) is 14.7. The van der Waals surface area contributed by atoms with Crippen molar-refractivity contribution in [3.63, 3.8) is 0 Å². The maximum Gasteiger partial charge on any atom is 0.320 e. The van der Waals surface area contributed by atoms with Gasteiger partial charge in [-0.1, -0.05) is 17.7 Å². The first-order chi connectivity index (χ1) is 11.3. The molecule has 0 radical (unpaired) electrons. The molecule has 1 amide bonds. The second kappa shape index (κ2) is 6.20. The minimum absolute atomic E-state index is 0.0525. The zero-order chi connectivity index (χ0) is 17.5. The van der Waals surface area contributed by atoms with E-state index in [9.17, 15) is 14.7 Å². The Balaban J connectivity index is 1.67. The van der Waals surface area contributed by atoms with E-state index in [4.69, 9.17) is 0 Å². The molecular formula is C19H26N2O3. The van der Waals surface area contributed by atoms with Crippen molar-refractivity contribution in [1.82, 2.24) is 9.80 Å². The molecule has 130 valence electrons. The maximum atomic E-state index is 12.8. The smallest absolute Gasteiger partial charge is 0.320 e. The van der Waals surface area contributed by atoms with Crippen LogP contribution >= 0.6 is 0 Å². The van der Waals surface area contributed by atoms with Gasteiger partial charge in [-0.15, -0.1) is 0 Å². The molecule has 0 bridgehead atoms. The van der Waals surface area contributed by atoms with E-state index >= 15 is 0 Å². The summed E-state index contributed by atoms with van der Waals surface area (Å²) in [6, 6.07) is 5.56. The van der Waals surface area contributed by atoms with Gasteiger partial charge in [-0.3, -0.25) is 14.5 Å². The van der Waals surface area contributed by atoms with Gasteiger partial charge in [0.15, 0.2) is 0 Å². The summed E-state index contributed by atoms with van der Waals surface area (Å²) in [5.41, 5.74) is 3.02. The molecule has 2 aliphatic rings. The van der Waals surface area contributed by atoms with E-state index in [1.165, 1.54) is 0 Å². The van der Waals surface area contributed by atoms with E-state index in [1.807, 2.05) is 48.9 Å². The molecule has 1 aromatic carbocycles. The average molecular weight is 330 g/mol. The molecule has 24 heavy (non-hydrogen) atoms. The normalized spacial score (nSPS) is 23.6. The third kappa shape index (κ3) is 3.05. The monoisotopic (exact) mass is 330 g/mol. The van der Waals surface area contributed by atoms with Gasteiger partial charge < -0.3 is 10.0 Å². The Hall–Kier alpha value is -1.88. The van der Waals surface area contributed by atoms with Gasteiger partial charge in [0.1, 0.15) is 6.04 Å². The van der Waals surface area contributed by atoms with Crippen LogP contribution in [0.1, 0.15) is 40.7 Å². The van der Waals surface area contributed by atoms with E-state index in [0.717, 1.165) is 36.1 Å². The van der Waals surface area contributed by atoms with Gasteiger partial charge in [0.25, 0.3) is 5.91 Å². The molecule has 5 heteroatoms. The number of aryl methyl sites for hydroxylation is 2. The van der Waals surface area contributed by atoms with Gasteiger partial charge in [-0.05, 0) is 57.2 Å². The summed E-state index contributed by atoms with van der Waals surface area (Å²) in [6.45, 7) is 6.25. The van der Waals surface area contributed by atoms with Crippen LogP contribution in [0, 0.1) is 19.3 Å². The molecule has 2 aliphatic heterocycles. The van der Waals surface area contributed by atoms with Gasteiger partial charge in [0, 0.05) is 25.2 Å². The van der Waals surface area contributed by atoms with E-state index in [1.54, 1.807) is 0 Å². The van der Waals surface area contributed by atoms with Crippen LogP contribution in [0.25, 0.3) is 0 Å². The Morgan fingerprint density at radius 1 is 1.21 bits per heavy atom. The van der Waals surface area contributed by atoms with Crippen LogP contribution in [-0.4, -0.2) is 59.5 Å². The SMILES string of the molecule is Cc1ccc(C(=O)N2CCC3(CC2)C[C@@H](C(=O)O)N(C)C3)c(C)c1. The highest BCUT2D eigenvalue weighted by atomic mass is 16.4. The molecule has 1 N–H and O–H groups in total. The number of hydrogen-bond donors (Lipinski definition) is 1. The number of likely N-dealkylation sites (N-methyl/N-ethyl adjacent to an activating group) is 1. The number of rotatable bonds is 2. The Bertz CT molecular complexity index is 663. The lowest BCUT2D eigenvalue weighted by Crippen LogP contribution is -2.44. The van der Waals surface area contributed by atoms with Crippen molar-refractivity contribution in [1.29, 1.82) is 0 Å². The van der Waals surface area contributed by atoms with Crippen LogP contribution < -0.4 is 0 Å². The summed E-state index contributed by atoms with van der Waals surface area (Å²) in [6.07, 6.45) is 2.47. The number of hydrogen-bond acceptors (Lipinski definition) is 3. The van der Waals surface area contributed by atoms with Gasteiger partial charge in [0.2, 0.25) is 0 Å². The molecule has 2 saturated heterocycles. The minimum Gasteiger partial charge on any atom is -0.480 e. The number of aliphatic carboxylic acids is 1. The fraction of sp³-hybridized carbons (Fsp3) is 0.579. The summed E-state index contributed by atoms with van der Waals surface area (Å²) >= 11 is 0. The molecule has 1 aromatic rings. The van der Waals surface area contributed by atoms with Crippen LogP contribution in [0.15, 0.2) is 18.2 Å². The highest BCUT2D eigenvalue weighted by Gasteiger charge is 2.47. The molecule has 5 nitrogen and oxygen atoms in total. The Labute approximate surface area is 143 Å². The standard InChI is InChI=1S/C19H26N2O3/c1-13-4-5-15(14(2)10-13)17(22)21-8-6-19(7-9-21)11-16(18(23)24)20(3)12-19/h4-5,10,16H,6-9,11-12H2,1-3H3,(H,23,24)/t16-/m0/s1. The van der Waals surface area contributed by atoms with Crippen molar-refractivity contribution in [2.75, 3.05) is 26.7 Å². The number of carbonyl (C=O) groups is 2. The molecule has 1 atom stereocenters. The largest absolute Gasteiger partial charge is 0.480 e. The summed E-state index contributed by atoms with van der Waals surface area (Å²) in [5.74, 6) is -0.633. The van der Waals surface area contributed by atoms with E-state index in [2.05, 4.69) is 0 Å². The second-order valence-corrected chi connectivity index (χ2v) is 7.58. The lowest BCUT2D eigenvalue weighted by Gasteiger charge is -2.39. The fourth-order valence-corrected chi connectivity index (χ4v) is 4.32. The van der Waals surface area contributed by atoms with Crippen molar-refractivity contribution < 1.29 is 14.7 Å². The summed E-state index contributed by atoms with van der Waals surface area (Å²) in [7, 11) is 1.89. The Morgan fingerprint density at radius 2 is 1.88 bits per heavy atom. The lowest BCUT2D eigenvalue weighted by atomic mass is 9.76. The predicted molar refractivity (Wildman–Crippen MR) is 92.2 cm³/mol. The lowest BCUT2D eigenvalue weighted by molar-refractivity contribution is -0.141. The summed E-state index contributed by atoms with van der Waals surface area (Å²) in [5, 5.41) is 9.33. The molecule has 0 saturated carbocycles. The van der Waals surface area contributed by atoms with Gasteiger partial charge in [-0.2, -0.15) is 0 Å². The van der Waals surface area contributed by atoms with E-state index in [0.29, 0.717) is 19.5 Å². The predicted octanol–water partition coefficient (Wildman–Crippen LogP) is 2.31. The molecule has 0 aromatic heterocycles. The van der Waals surface area contributed by atoms with Crippen LogP contribution in [0.5, 0.6) is 0 Å². The van der Waals surface area contributed by atoms with E-state index < -0.39 is 5.97 Å². The first kappa shape index (κ1) is 17.0. The van der Waals surface area contributed by atoms with Crippen molar-refractivity contribution in [3.05, 3.63) is 34.9 Å². The number of piperidine rings is 1. The number of carboxylic acids is 1. The molecule has 0 aliphatic carbocycles. The number of benzene rings is 1. The third-order valence-corrected chi connectivity index (χ3v) is 5.75. The molecule has 2 fully saturated rings. The second-order valence-electron chi connectivity index (χ2n) is 7.58. The summed E-state index contributed by atoms with van der Waals surface area (Å²) < 4.78 is 0. The number of nitrogens with zero attached hydrogens (tertiary/aromatic N) is 2. The van der Waals surface area contributed by atoms with Gasteiger partial charge in [0.05, 0.1) is 0 Å². The zero-order valence-corrected chi connectivity index (χ0v) is 14.7. The third-order valence-electron chi connectivity index (χ3n) is 5.75. The molecular weight excluding hydrogens is 304 g/mol. The van der Waals surface area contributed by atoms with Crippen molar-refractivity contribution in [2.45, 2.75) is 39.2 Å². The number of carboxylic acid groups (broad SMARTS) is 1. The van der Waals surface area contributed by atoms with Crippen LogP contribution in [0.2, 0.25) is 0 Å². The van der Waals surface area contributed by atoms with Gasteiger partial charge >= 0.3 is 5.97 Å². The highest BCUT2D eigenvalue weighted by Crippen LogP contribution is 2.43. The number of amides is 1. The minimum atomic E-state index is -0.733. The Kier molecular flexibility index (Phi) is 4.38. The quantitative estimate of drug-likeness (QED) is 0.904. The van der Waals surface area contributed by atoms with Crippen LogP contribution in [-0.2, 0) is 4.79 Å². The Morgan fingerprint density at radius 3 is 2.42 bits per heavy atom. The average Bonchev–Trinajstić information content (AvgIpc) is 2.84. The molecule has 2 heterocycles. The number of likely N-dealkylation sites (tertiary alicyclic amines) is 2. The van der Waals surface area contributed by atoms with Crippen molar-refractivity contribution in [2.24, 2.45) is 5.41 Å². The van der Waals surface area contributed by atoms with Crippen LogP contribution in [0.3, 0.4) is 0 Å². The molecule has 3 rings (SSSR count). The van der Waals surface area contributed by atoms with Crippen molar-refractivity contribution in [3.8, 4) is 0 Å². The maximum absolute atomic E-state index is 12.8. The fourth-order valence-electron chi connectivity index (χ4n) is 4.32. The molecule has 1 spiro atoms. The molecule has 0 unspecified atom stereocenters. The van der Waals surface area contributed by atoms with E-state index in [-0.39, 0.29) is 17.4 Å². The van der Waals surface area contributed by atoms with Crippen LogP contribution in [0.4, 0.5) is 0 Å². The summed E-state index contributed by atoms with van der Waals surface area (Å²) in [4.78, 5) is 28.0. The first-order valence-electron chi connectivity index (χ1n) is 8.61. The number of carbonyl (C=O) groups excluding carboxylic acids is 1. The van der Waals surface area contributed by atoms with Gasteiger partial charge in [-0.25, -0.2) is 0 Å². The topological polar surface area (TPSA) is 60.9 Å².